The number of nitrogens with two attached hydrogens (primary N) is 1. The van der Waals surface area contributed by atoms with E-state index in [9.17, 15) is 23.1 Å². The summed E-state index contributed by atoms with van der Waals surface area (Å²) in [5.74, 6) is -0.727. The summed E-state index contributed by atoms with van der Waals surface area (Å²) >= 11 is 0. The molecule has 0 heterocycles. The van der Waals surface area contributed by atoms with E-state index in [2.05, 4.69) is 5.32 Å². The smallest absolute Gasteiger partial charge is 0.243 e. The van der Waals surface area contributed by atoms with Gasteiger partial charge in [-0.15, -0.1) is 0 Å². The van der Waals surface area contributed by atoms with Crippen LogP contribution < -0.4 is 15.8 Å². The quantitative estimate of drug-likeness (QED) is 0.346. The molecule has 0 aliphatic heterocycles. The minimum Gasteiger partial charge on any atom is -0.497 e. The second-order valence-electron chi connectivity index (χ2n) is 9.67. The molecule has 9 nitrogen and oxygen atoms in total. The number of aliphatic hydroxyl groups excluding tert-OH is 1. The number of benzene rings is 2. The third-order valence-electron chi connectivity index (χ3n) is 6.39. The van der Waals surface area contributed by atoms with Gasteiger partial charge in [-0.1, -0.05) is 44.2 Å². The van der Waals surface area contributed by atoms with Crippen molar-refractivity contribution in [1.82, 2.24) is 9.62 Å². The van der Waals surface area contributed by atoms with E-state index >= 15 is 0 Å². The summed E-state index contributed by atoms with van der Waals surface area (Å²) in [6.45, 7) is 3.70. The molecule has 0 radical (unpaired) electrons. The van der Waals surface area contributed by atoms with Gasteiger partial charge < -0.3 is 20.9 Å². The van der Waals surface area contributed by atoms with Gasteiger partial charge in [-0.3, -0.25) is 9.59 Å². The van der Waals surface area contributed by atoms with Crippen LogP contribution in [0.25, 0.3) is 0 Å². The fourth-order valence-corrected chi connectivity index (χ4v) is 5.70. The maximum Gasteiger partial charge on any atom is 0.243 e. The van der Waals surface area contributed by atoms with Gasteiger partial charge in [-0.2, -0.15) is 4.31 Å². The number of rotatable bonds is 13. The Balaban J connectivity index is 1.86. The zero-order chi connectivity index (χ0) is 26.5. The number of nitrogens with one attached hydrogen (secondary N) is 1. The lowest BCUT2D eigenvalue weighted by Crippen LogP contribution is -2.53. The van der Waals surface area contributed by atoms with Crippen LogP contribution in [0.3, 0.4) is 0 Å². The molecular weight excluding hydrogens is 482 g/mol. The molecule has 1 fully saturated rings. The number of methoxy groups -OCH3 is 1. The highest BCUT2D eigenvalue weighted by molar-refractivity contribution is 7.89. The van der Waals surface area contributed by atoms with Crippen LogP contribution in [0, 0.1) is 11.3 Å². The molecular formula is C26H35N3O6S. The fourth-order valence-electron chi connectivity index (χ4n) is 4.08. The number of hydrogen-bond acceptors (Lipinski definition) is 6. The molecule has 2 aromatic rings. The maximum absolute atomic E-state index is 13.5. The summed E-state index contributed by atoms with van der Waals surface area (Å²) in [5.41, 5.74) is 5.04. The van der Waals surface area contributed by atoms with Crippen molar-refractivity contribution in [1.29, 1.82) is 0 Å². The Morgan fingerprint density at radius 1 is 1.08 bits per heavy atom. The minimum atomic E-state index is -3.95. The Hall–Kier alpha value is -2.95. The monoisotopic (exact) mass is 517 g/mol. The van der Waals surface area contributed by atoms with Gasteiger partial charge in [0.1, 0.15) is 11.2 Å². The molecule has 36 heavy (non-hydrogen) atoms. The van der Waals surface area contributed by atoms with Gasteiger partial charge in [0.05, 0.1) is 24.2 Å². The lowest BCUT2D eigenvalue weighted by molar-refractivity contribution is -0.136. The molecule has 1 aliphatic rings. The number of carbonyl (C=O) groups is 2. The third kappa shape index (κ3) is 6.43. The standard InChI is InChI=1S/C26H35N3O6S/c1-18(2)16-29(36(33,34)21-11-9-20(35-3)10-12-21)17-23(30)22(15-19-7-5-4-6-8-19)28-25(32)26(13-14-26)24(27)31/h4-12,18,22-23,30H,13-17H2,1-3H3,(H2,27,31)(H,28,32)/t22-,23+/m0/s1. The van der Waals surface area contributed by atoms with E-state index < -0.39 is 39.4 Å². The van der Waals surface area contributed by atoms with E-state index in [0.717, 1.165) is 5.56 Å². The third-order valence-corrected chi connectivity index (χ3v) is 8.24. The van der Waals surface area contributed by atoms with Crippen molar-refractivity contribution >= 4 is 21.8 Å². The number of ether oxygens (including phenoxy) is 1. The fraction of sp³-hybridized carbons (Fsp3) is 0.462. The molecule has 2 aromatic carbocycles. The lowest BCUT2D eigenvalue weighted by Gasteiger charge is -2.31. The Morgan fingerprint density at radius 3 is 2.19 bits per heavy atom. The predicted octanol–water partition coefficient (Wildman–Crippen LogP) is 1.70. The molecule has 3 rings (SSSR count). The molecule has 2 atom stereocenters. The molecule has 0 aromatic heterocycles. The first-order valence-corrected chi connectivity index (χ1v) is 13.4. The number of amides is 2. The van der Waals surface area contributed by atoms with Crippen molar-refractivity contribution in [2.75, 3.05) is 20.2 Å². The molecule has 2 amide bonds. The zero-order valence-corrected chi connectivity index (χ0v) is 21.7. The first kappa shape index (κ1) is 27.6. The largest absolute Gasteiger partial charge is 0.497 e. The molecule has 1 aliphatic carbocycles. The minimum absolute atomic E-state index is 0.0167. The number of carbonyl (C=O) groups excluding carboxylic acids is 2. The van der Waals surface area contributed by atoms with E-state index in [0.29, 0.717) is 18.6 Å². The predicted molar refractivity (Wildman–Crippen MR) is 136 cm³/mol. The van der Waals surface area contributed by atoms with Gasteiger partial charge in [0.2, 0.25) is 21.8 Å². The number of primary amides is 1. The highest BCUT2D eigenvalue weighted by atomic mass is 32.2. The number of sulfonamides is 1. The Kier molecular flexibility index (Phi) is 8.76. The van der Waals surface area contributed by atoms with E-state index in [1.54, 1.807) is 12.1 Å². The van der Waals surface area contributed by atoms with Gasteiger partial charge in [0, 0.05) is 13.1 Å². The maximum atomic E-state index is 13.5. The summed E-state index contributed by atoms with van der Waals surface area (Å²) in [5, 5.41) is 14.0. The van der Waals surface area contributed by atoms with Gasteiger partial charge in [-0.25, -0.2) is 8.42 Å². The van der Waals surface area contributed by atoms with Crippen molar-refractivity contribution in [3.05, 3.63) is 60.2 Å². The SMILES string of the molecule is COc1ccc(S(=O)(=O)N(CC(C)C)C[C@@H](O)[C@H](Cc2ccccc2)NC(=O)C2(C(N)=O)CC2)cc1. The van der Waals surface area contributed by atoms with E-state index in [4.69, 9.17) is 10.5 Å². The van der Waals surface area contributed by atoms with Crippen molar-refractivity contribution in [3.8, 4) is 5.75 Å². The van der Waals surface area contributed by atoms with Crippen molar-refractivity contribution in [2.45, 2.75) is 50.2 Å². The number of nitrogens with zero attached hydrogens (tertiary/aromatic N) is 1. The molecule has 0 bridgehead atoms. The zero-order valence-electron chi connectivity index (χ0n) is 20.9. The topological polar surface area (TPSA) is 139 Å². The average molecular weight is 518 g/mol. The average Bonchev–Trinajstić information content (AvgIpc) is 3.66. The number of hydrogen-bond donors (Lipinski definition) is 3. The summed E-state index contributed by atoms with van der Waals surface area (Å²) in [7, 11) is -2.45. The van der Waals surface area contributed by atoms with Crippen LogP contribution in [0.5, 0.6) is 5.75 Å². The highest BCUT2D eigenvalue weighted by Gasteiger charge is 2.56. The lowest BCUT2D eigenvalue weighted by atomic mass is 9.98. The molecule has 4 N–H and O–H groups in total. The molecule has 196 valence electrons. The second-order valence-corrected chi connectivity index (χ2v) is 11.6. The number of aliphatic hydroxyl groups is 1. The summed E-state index contributed by atoms with van der Waals surface area (Å²) in [6, 6.07) is 14.4. The first-order chi connectivity index (χ1) is 17.0. The molecule has 0 unspecified atom stereocenters. The van der Waals surface area contributed by atoms with Crippen molar-refractivity contribution in [2.24, 2.45) is 17.1 Å². The highest BCUT2D eigenvalue weighted by Crippen LogP contribution is 2.45. The van der Waals surface area contributed by atoms with Gasteiger partial charge >= 0.3 is 0 Å². The summed E-state index contributed by atoms with van der Waals surface area (Å²) in [6.07, 6.45) is -0.285. The van der Waals surface area contributed by atoms with E-state index in [1.807, 2.05) is 44.2 Å². The summed E-state index contributed by atoms with van der Waals surface area (Å²) in [4.78, 5) is 24.9. The van der Waals surface area contributed by atoms with Crippen LogP contribution in [-0.2, 0) is 26.0 Å². The van der Waals surface area contributed by atoms with Crippen LogP contribution in [-0.4, -0.2) is 62.0 Å². The van der Waals surface area contributed by atoms with Crippen molar-refractivity contribution < 1.29 is 27.9 Å². The summed E-state index contributed by atoms with van der Waals surface area (Å²) < 4.78 is 33.3. The molecule has 1 saturated carbocycles. The molecule has 0 spiro atoms. The Labute approximate surface area is 212 Å². The van der Waals surface area contributed by atoms with E-state index in [-0.39, 0.29) is 30.3 Å². The second kappa shape index (κ2) is 11.4. The molecule has 10 heteroatoms. The van der Waals surface area contributed by atoms with Gasteiger partial charge in [0.25, 0.3) is 0 Å². The van der Waals surface area contributed by atoms with E-state index in [1.165, 1.54) is 23.5 Å². The van der Waals surface area contributed by atoms with Crippen LogP contribution in [0.15, 0.2) is 59.5 Å². The van der Waals surface area contributed by atoms with Crippen LogP contribution in [0.1, 0.15) is 32.3 Å². The van der Waals surface area contributed by atoms with Crippen LogP contribution in [0.4, 0.5) is 0 Å². The normalized spacial score (nSPS) is 16.4. The van der Waals surface area contributed by atoms with Gasteiger partial charge in [0.15, 0.2) is 0 Å². The Bertz CT molecular complexity index is 1150. The van der Waals surface area contributed by atoms with Crippen molar-refractivity contribution in [3.63, 3.8) is 0 Å². The van der Waals surface area contributed by atoms with Gasteiger partial charge in [-0.05, 0) is 55.0 Å². The Morgan fingerprint density at radius 2 is 1.69 bits per heavy atom. The van der Waals surface area contributed by atoms with Crippen LogP contribution >= 0.6 is 0 Å². The first-order valence-electron chi connectivity index (χ1n) is 12.0. The molecule has 0 saturated heterocycles. The van der Waals surface area contributed by atoms with Crippen LogP contribution in [0.2, 0.25) is 0 Å².